The van der Waals surface area contributed by atoms with E-state index >= 15 is 0 Å². The minimum Gasteiger partial charge on any atom is -0.348 e. The number of likely N-dealkylation sites (N-methyl/N-ethyl adjacent to an activating group) is 2. The largest absolute Gasteiger partial charge is 0.348 e. The highest BCUT2D eigenvalue weighted by molar-refractivity contribution is 6.42. The number of halogens is 2. The molecule has 0 aliphatic heterocycles. The average Bonchev–Trinajstić information content (AvgIpc) is 2.40. The molecule has 110 valence electrons. The van der Waals surface area contributed by atoms with Crippen molar-refractivity contribution in [2.24, 2.45) is 0 Å². The standard InChI is InChI=1S/C14H18Cl2N2O2/c1-4-18(9-14(20)17(2)3)8-13(19)10-5-6-11(15)12(16)7-10/h5-7H,4,8-9H2,1-3H3. The van der Waals surface area contributed by atoms with Gasteiger partial charge in [0, 0.05) is 19.7 Å². The summed E-state index contributed by atoms with van der Waals surface area (Å²) in [4.78, 5) is 27.1. The van der Waals surface area contributed by atoms with Crippen LogP contribution in [-0.2, 0) is 4.79 Å². The predicted molar refractivity (Wildman–Crippen MR) is 81.6 cm³/mol. The summed E-state index contributed by atoms with van der Waals surface area (Å²) in [6.07, 6.45) is 0. The molecule has 0 fully saturated rings. The first-order valence-electron chi connectivity index (χ1n) is 6.26. The lowest BCUT2D eigenvalue weighted by Crippen LogP contribution is -2.39. The molecule has 0 radical (unpaired) electrons. The number of ketones is 1. The van der Waals surface area contributed by atoms with Crippen LogP contribution in [0, 0.1) is 0 Å². The maximum Gasteiger partial charge on any atom is 0.236 e. The van der Waals surface area contributed by atoms with Crippen LogP contribution in [-0.4, -0.2) is 55.2 Å². The highest BCUT2D eigenvalue weighted by Gasteiger charge is 2.16. The topological polar surface area (TPSA) is 40.6 Å². The Labute approximate surface area is 129 Å². The molecular formula is C14H18Cl2N2O2. The molecule has 0 aliphatic carbocycles. The SMILES string of the molecule is CCN(CC(=O)c1ccc(Cl)c(Cl)c1)CC(=O)N(C)C. The van der Waals surface area contributed by atoms with E-state index in [1.165, 1.54) is 4.90 Å². The normalized spacial score (nSPS) is 10.7. The van der Waals surface area contributed by atoms with Crippen LogP contribution in [0.4, 0.5) is 0 Å². The molecule has 0 aromatic heterocycles. The molecule has 1 aromatic carbocycles. The maximum absolute atomic E-state index is 12.2. The van der Waals surface area contributed by atoms with Crippen molar-refractivity contribution < 1.29 is 9.59 Å². The Morgan fingerprint density at radius 3 is 2.25 bits per heavy atom. The van der Waals surface area contributed by atoms with Crippen molar-refractivity contribution in [1.82, 2.24) is 9.80 Å². The molecule has 6 heteroatoms. The minimum atomic E-state index is -0.0861. The van der Waals surface area contributed by atoms with Crippen molar-refractivity contribution >= 4 is 34.9 Å². The Morgan fingerprint density at radius 2 is 1.75 bits per heavy atom. The number of hydrogen-bond donors (Lipinski definition) is 0. The fourth-order valence-corrected chi connectivity index (χ4v) is 1.87. The van der Waals surface area contributed by atoms with Gasteiger partial charge >= 0.3 is 0 Å². The second kappa shape index (κ2) is 7.62. The van der Waals surface area contributed by atoms with Crippen LogP contribution in [0.15, 0.2) is 18.2 Å². The van der Waals surface area contributed by atoms with Gasteiger partial charge in [0.1, 0.15) is 0 Å². The van der Waals surface area contributed by atoms with Gasteiger partial charge in [-0.3, -0.25) is 14.5 Å². The Bertz CT molecular complexity index is 504. The highest BCUT2D eigenvalue weighted by Crippen LogP contribution is 2.22. The van der Waals surface area contributed by atoms with Crippen molar-refractivity contribution in [3.8, 4) is 0 Å². The molecule has 1 aromatic rings. The van der Waals surface area contributed by atoms with Crippen LogP contribution >= 0.6 is 23.2 Å². The van der Waals surface area contributed by atoms with Crippen LogP contribution in [0.1, 0.15) is 17.3 Å². The summed E-state index contributed by atoms with van der Waals surface area (Å²) in [5.41, 5.74) is 0.496. The van der Waals surface area contributed by atoms with Crippen LogP contribution in [0.2, 0.25) is 10.0 Å². The van der Waals surface area contributed by atoms with Crippen LogP contribution in [0.5, 0.6) is 0 Å². The molecule has 20 heavy (non-hydrogen) atoms. The molecule has 0 aliphatic rings. The number of benzene rings is 1. The molecule has 0 saturated carbocycles. The third-order valence-electron chi connectivity index (χ3n) is 2.91. The van der Waals surface area contributed by atoms with Crippen molar-refractivity contribution in [2.45, 2.75) is 6.92 Å². The summed E-state index contributed by atoms with van der Waals surface area (Å²) < 4.78 is 0. The van der Waals surface area contributed by atoms with E-state index in [9.17, 15) is 9.59 Å². The smallest absolute Gasteiger partial charge is 0.236 e. The first-order valence-corrected chi connectivity index (χ1v) is 7.01. The van der Waals surface area contributed by atoms with Gasteiger partial charge in [-0.25, -0.2) is 0 Å². The number of Topliss-reactive ketones (excluding diaryl/α,β-unsaturated/α-hetero) is 1. The lowest BCUT2D eigenvalue weighted by Gasteiger charge is -2.21. The van der Waals surface area contributed by atoms with Crippen molar-refractivity contribution in [3.63, 3.8) is 0 Å². The monoisotopic (exact) mass is 316 g/mol. The molecule has 0 unspecified atom stereocenters. The number of hydrogen-bond acceptors (Lipinski definition) is 3. The van der Waals surface area contributed by atoms with Gasteiger partial charge in [0.15, 0.2) is 5.78 Å². The van der Waals surface area contributed by atoms with E-state index in [2.05, 4.69) is 0 Å². The molecule has 0 bridgehead atoms. The lowest BCUT2D eigenvalue weighted by molar-refractivity contribution is -0.129. The van der Waals surface area contributed by atoms with Crippen molar-refractivity contribution in [2.75, 3.05) is 33.7 Å². The van der Waals surface area contributed by atoms with Gasteiger partial charge in [-0.05, 0) is 24.7 Å². The average molecular weight is 317 g/mol. The number of nitrogens with zero attached hydrogens (tertiary/aromatic N) is 2. The maximum atomic E-state index is 12.2. The summed E-state index contributed by atoms with van der Waals surface area (Å²) in [5.74, 6) is -0.120. The molecular weight excluding hydrogens is 299 g/mol. The fraction of sp³-hybridized carbons (Fsp3) is 0.429. The van der Waals surface area contributed by atoms with E-state index < -0.39 is 0 Å². The van der Waals surface area contributed by atoms with Gasteiger partial charge in [0.25, 0.3) is 0 Å². The zero-order chi connectivity index (χ0) is 15.3. The van der Waals surface area contributed by atoms with E-state index in [4.69, 9.17) is 23.2 Å². The van der Waals surface area contributed by atoms with Crippen molar-refractivity contribution in [1.29, 1.82) is 0 Å². The van der Waals surface area contributed by atoms with E-state index in [1.54, 1.807) is 37.2 Å². The summed E-state index contributed by atoms with van der Waals surface area (Å²) in [6, 6.07) is 4.78. The summed E-state index contributed by atoms with van der Waals surface area (Å²) >= 11 is 11.7. The molecule has 1 rings (SSSR count). The number of rotatable bonds is 6. The highest BCUT2D eigenvalue weighted by atomic mass is 35.5. The second-order valence-electron chi connectivity index (χ2n) is 4.64. The number of carbonyl (C=O) groups is 2. The minimum absolute atomic E-state index is 0.0335. The third-order valence-corrected chi connectivity index (χ3v) is 3.65. The molecule has 0 spiro atoms. The Balaban J connectivity index is 2.71. The summed E-state index contributed by atoms with van der Waals surface area (Å²) in [5, 5.41) is 0.767. The molecule has 4 nitrogen and oxygen atoms in total. The Hall–Kier alpha value is -1.10. The summed E-state index contributed by atoms with van der Waals surface area (Å²) in [6.45, 7) is 2.92. The zero-order valence-corrected chi connectivity index (χ0v) is 13.3. The van der Waals surface area contributed by atoms with Gasteiger partial charge < -0.3 is 4.90 Å². The molecule has 0 heterocycles. The lowest BCUT2D eigenvalue weighted by atomic mass is 10.1. The van der Waals surface area contributed by atoms with Crippen LogP contribution in [0.3, 0.4) is 0 Å². The second-order valence-corrected chi connectivity index (χ2v) is 5.46. The predicted octanol–water partition coefficient (Wildman–Crippen LogP) is 2.59. The Kier molecular flexibility index (Phi) is 6.46. The van der Waals surface area contributed by atoms with Gasteiger partial charge in [0.2, 0.25) is 5.91 Å². The van der Waals surface area contributed by atoms with Crippen LogP contribution < -0.4 is 0 Å². The van der Waals surface area contributed by atoms with E-state index in [-0.39, 0.29) is 24.8 Å². The quantitative estimate of drug-likeness (QED) is 0.757. The molecule has 0 saturated heterocycles. The van der Waals surface area contributed by atoms with Gasteiger partial charge in [0.05, 0.1) is 23.1 Å². The van der Waals surface area contributed by atoms with Gasteiger partial charge in [-0.1, -0.05) is 30.1 Å². The van der Waals surface area contributed by atoms with Gasteiger partial charge in [-0.2, -0.15) is 0 Å². The first kappa shape index (κ1) is 17.0. The third kappa shape index (κ3) is 4.78. The summed E-state index contributed by atoms with van der Waals surface area (Å²) in [7, 11) is 3.38. The van der Waals surface area contributed by atoms with E-state index in [0.717, 1.165) is 0 Å². The zero-order valence-electron chi connectivity index (χ0n) is 11.8. The number of carbonyl (C=O) groups excluding carboxylic acids is 2. The fourth-order valence-electron chi connectivity index (χ4n) is 1.58. The van der Waals surface area contributed by atoms with E-state index in [0.29, 0.717) is 22.2 Å². The van der Waals surface area contributed by atoms with Crippen LogP contribution in [0.25, 0.3) is 0 Å². The first-order chi connectivity index (χ1) is 9.35. The molecule has 0 N–H and O–H groups in total. The van der Waals surface area contributed by atoms with E-state index in [1.807, 2.05) is 6.92 Å². The molecule has 0 atom stereocenters. The Morgan fingerprint density at radius 1 is 1.10 bits per heavy atom. The number of amides is 1. The molecule has 1 amide bonds. The van der Waals surface area contributed by atoms with Gasteiger partial charge in [-0.15, -0.1) is 0 Å². The van der Waals surface area contributed by atoms with Crippen molar-refractivity contribution in [3.05, 3.63) is 33.8 Å².